The molecule has 2 rings (SSSR count). The first-order valence-electron chi connectivity index (χ1n) is 5.32. The third-order valence-electron chi connectivity index (χ3n) is 2.48. The van der Waals surface area contributed by atoms with Gasteiger partial charge in [0.15, 0.2) is 0 Å². The summed E-state index contributed by atoms with van der Waals surface area (Å²) in [5.41, 5.74) is 1.54. The van der Waals surface area contributed by atoms with E-state index in [4.69, 9.17) is 4.74 Å². The molecule has 0 spiro atoms. The predicted octanol–water partition coefficient (Wildman–Crippen LogP) is 0.317. The second kappa shape index (κ2) is 5.05. The fourth-order valence-electron chi connectivity index (χ4n) is 1.56. The summed E-state index contributed by atoms with van der Waals surface area (Å²) in [6.45, 7) is 3.79. The predicted molar refractivity (Wildman–Crippen MR) is 60.2 cm³/mol. The normalized spacial score (nSPS) is 20.4. The number of ether oxygens (including phenoxy) is 1. The first-order valence-corrected chi connectivity index (χ1v) is 5.32. The van der Waals surface area contributed by atoms with E-state index in [-0.39, 0.29) is 5.91 Å². The molecular weight excluding hydrogens is 206 g/mol. The first-order chi connectivity index (χ1) is 7.77. The van der Waals surface area contributed by atoms with E-state index in [1.165, 1.54) is 0 Å². The second-order valence-corrected chi connectivity index (χ2v) is 3.69. The van der Waals surface area contributed by atoms with Crippen LogP contribution in [0.5, 0.6) is 0 Å². The van der Waals surface area contributed by atoms with Gasteiger partial charge in [-0.15, -0.1) is 0 Å². The molecule has 1 fully saturated rings. The summed E-state index contributed by atoms with van der Waals surface area (Å²) in [5.74, 6) is -0.122. The Kier molecular flexibility index (Phi) is 3.48. The van der Waals surface area contributed by atoms with Crippen molar-refractivity contribution in [1.82, 2.24) is 10.3 Å². The number of morpholine rings is 1. The maximum Gasteiger partial charge on any atom is 0.254 e. The molecule has 0 radical (unpaired) electrons. The van der Waals surface area contributed by atoms with Gasteiger partial charge in [-0.05, 0) is 19.1 Å². The van der Waals surface area contributed by atoms with Crippen molar-refractivity contribution in [3.8, 4) is 0 Å². The minimum Gasteiger partial charge on any atom is -0.366 e. The van der Waals surface area contributed by atoms with Gasteiger partial charge < -0.3 is 15.4 Å². The van der Waals surface area contributed by atoms with E-state index in [1.54, 1.807) is 12.3 Å². The van der Waals surface area contributed by atoms with Gasteiger partial charge in [0.05, 0.1) is 18.0 Å². The quantitative estimate of drug-likeness (QED) is 0.754. The van der Waals surface area contributed by atoms with E-state index in [0.717, 1.165) is 17.9 Å². The summed E-state index contributed by atoms with van der Waals surface area (Å²) in [6, 6.07) is 3.62. The molecule has 86 valence electrons. The second-order valence-electron chi connectivity index (χ2n) is 3.69. The highest BCUT2D eigenvalue weighted by atomic mass is 16.5. The van der Waals surface area contributed by atoms with Crippen molar-refractivity contribution < 1.29 is 9.53 Å². The van der Waals surface area contributed by atoms with E-state index < -0.39 is 6.10 Å². The molecule has 1 unspecified atom stereocenters. The summed E-state index contributed by atoms with van der Waals surface area (Å²) in [4.78, 5) is 15.9. The fourth-order valence-corrected chi connectivity index (χ4v) is 1.56. The number of anilines is 1. The molecule has 1 aliphatic rings. The van der Waals surface area contributed by atoms with Crippen LogP contribution in [0.25, 0.3) is 0 Å². The number of aryl methyl sites for hydroxylation is 1. The van der Waals surface area contributed by atoms with Crippen LogP contribution in [0.15, 0.2) is 18.3 Å². The Hall–Kier alpha value is -1.46. The zero-order chi connectivity index (χ0) is 11.4. The minimum atomic E-state index is -0.409. The van der Waals surface area contributed by atoms with Crippen LogP contribution in [-0.2, 0) is 9.53 Å². The maximum atomic E-state index is 11.8. The summed E-state index contributed by atoms with van der Waals surface area (Å²) in [7, 11) is 0. The Bertz CT molecular complexity index is 375. The average molecular weight is 221 g/mol. The standard InChI is InChI=1S/C11H15N3O2/c1-8-9(3-2-4-13-8)14-11(15)10-7-12-5-6-16-10/h2-4,10,12H,5-7H2,1H3,(H,14,15). The Morgan fingerprint density at radius 2 is 2.56 bits per heavy atom. The Labute approximate surface area is 94.2 Å². The lowest BCUT2D eigenvalue weighted by Crippen LogP contribution is -2.45. The number of rotatable bonds is 2. The van der Waals surface area contributed by atoms with Crippen molar-refractivity contribution >= 4 is 11.6 Å². The molecule has 1 amide bonds. The SMILES string of the molecule is Cc1ncccc1NC(=O)C1CNCCO1. The molecule has 1 atom stereocenters. The van der Waals surface area contributed by atoms with Crippen LogP contribution in [0.4, 0.5) is 5.69 Å². The van der Waals surface area contributed by atoms with Crippen LogP contribution in [0, 0.1) is 6.92 Å². The lowest BCUT2D eigenvalue weighted by molar-refractivity contribution is -0.128. The average Bonchev–Trinajstić information content (AvgIpc) is 2.33. The van der Waals surface area contributed by atoms with Crippen LogP contribution in [-0.4, -0.2) is 36.7 Å². The summed E-state index contributed by atoms with van der Waals surface area (Å²) in [6.07, 6.45) is 1.29. The molecule has 2 heterocycles. The maximum absolute atomic E-state index is 11.8. The third-order valence-corrected chi connectivity index (χ3v) is 2.48. The topological polar surface area (TPSA) is 63.2 Å². The summed E-state index contributed by atoms with van der Waals surface area (Å²) >= 11 is 0. The van der Waals surface area contributed by atoms with Crippen molar-refractivity contribution in [1.29, 1.82) is 0 Å². The number of carbonyl (C=O) groups is 1. The number of amides is 1. The van der Waals surface area contributed by atoms with Gasteiger partial charge in [0.25, 0.3) is 5.91 Å². The number of pyridine rings is 1. The van der Waals surface area contributed by atoms with E-state index in [9.17, 15) is 4.79 Å². The van der Waals surface area contributed by atoms with Crippen molar-refractivity contribution in [3.63, 3.8) is 0 Å². The van der Waals surface area contributed by atoms with Gasteiger partial charge >= 0.3 is 0 Å². The summed E-state index contributed by atoms with van der Waals surface area (Å²) in [5, 5.41) is 5.93. The number of hydrogen-bond donors (Lipinski definition) is 2. The van der Waals surface area contributed by atoms with Crippen LogP contribution in [0.2, 0.25) is 0 Å². The molecular formula is C11H15N3O2. The minimum absolute atomic E-state index is 0.122. The Balaban J connectivity index is 1.99. The van der Waals surface area contributed by atoms with Gasteiger partial charge in [-0.3, -0.25) is 9.78 Å². The van der Waals surface area contributed by atoms with Gasteiger partial charge in [0.1, 0.15) is 6.10 Å². The highest BCUT2D eigenvalue weighted by Gasteiger charge is 2.21. The Morgan fingerprint density at radius 1 is 1.69 bits per heavy atom. The third kappa shape index (κ3) is 2.56. The molecule has 2 N–H and O–H groups in total. The van der Waals surface area contributed by atoms with Gasteiger partial charge in [-0.2, -0.15) is 0 Å². The lowest BCUT2D eigenvalue weighted by Gasteiger charge is -2.22. The van der Waals surface area contributed by atoms with E-state index in [0.29, 0.717) is 13.2 Å². The smallest absolute Gasteiger partial charge is 0.254 e. The molecule has 16 heavy (non-hydrogen) atoms. The molecule has 5 nitrogen and oxygen atoms in total. The number of nitrogens with one attached hydrogen (secondary N) is 2. The molecule has 1 aliphatic heterocycles. The van der Waals surface area contributed by atoms with Crippen molar-refractivity contribution in [2.45, 2.75) is 13.0 Å². The van der Waals surface area contributed by atoms with Gasteiger partial charge in [0, 0.05) is 19.3 Å². The van der Waals surface area contributed by atoms with Crippen molar-refractivity contribution in [2.24, 2.45) is 0 Å². The number of hydrogen-bond acceptors (Lipinski definition) is 4. The molecule has 1 aromatic rings. The van der Waals surface area contributed by atoms with Gasteiger partial charge in [-0.25, -0.2) is 0 Å². The van der Waals surface area contributed by atoms with Crippen molar-refractivity contribution in [2.75, 3.05) is 25.0 Å². The monoisotopic (exact) mass is 221 g/mol. The van der Waals surface area contributed by atoms with Crippen LogP contribution in [0.1, 0.15) is 5.69 Å². The fraction of sp³-hybridized carbons (Fsp3) is 0.455. The van der Waals surface area contributed by atoms with Gasteiger partial charge in [0.2, 0.25) is 0 Å². The largest absolute Gasteiger partial charge is 0.366 e. The molecule has 0 bridgehead atoms. The van der Waals surface area contributed by atoms with E-state index in [1.807, 2.05) is 13.0 Å². The first kappa shape index (κ1) is 11.0. The molecule has 1 saturated heterocycles. The zero-order valence-electron chi connectivity index (χ0n) is 9.19. The zero-order valence-corrected chi connectivity index (χ0v) is 9.19. The van der Waals surface area contributed by atoms with Crippen LogP contribution >= 0.6 is 0 Å². The summed E-state index contributed by atoms with van der Waals surface area (Å²) < 4.78 is 5.36. The number of carbonyl (C=O) groups excluding carboxylic acids is 1. The lowest BCUT2D eigenvalue weighted by atomic mass is 10.2. The molecule has 0 aliphatic carbocycles. The van der Waals surface area contributed by atoms with Crippen molar-refractivity contribution in [3.05, 3.63) is 24.0 Å². The van der Waals surface area contributed by atoms with Gasteiger partial charge in [-0.1, -0.05) is 0 Å². The Morgan fingerprint density at radius 3 is 3.25 bits per heavy atom. The van der Waals surface area contributed by atoms with E-state index >= 15 is 0 Å². The molecule has 0 aromatic carbocycles. The number of aromatic nitrogens is 1. The highest BCUT2D eigenvalue weighted by molar-refractivity contribution is 5.94. The number of nitrogens with zero attached hydrogens (tertiary/aromatic N) is 1. The molecule has 1 aromatic heterocycles. The molecule has 5 heteroatoms. The molecule has 0 saturated carbocycles. The van der Waals surface area contributed by atoms with E-state index in [2.05, 4.69) is 15.6 Å². The highest BCUT2D eigenvalue weighted by Crippen LogP contribution is 2.11. The van der Waals surface area contributed by atoms with Crippen LogP contribution < -0.4 is 10.6 Å². The van der Waals surface area contributed by atoms with Crippen LogP contribution in [0.3, 0.4) is 0 Å².